The van der Waals surface area contributed by atoms with E-state index in [-0.39, 0.29) is 29.7 Å². The predicted octanol–water partition coefficient (Wildman–Crippen LogP) is 6.03. The lowest BCUT2D eigenvalue weighted by Crippen LogP contribution is -2.29. The summed E-state index contributed by atoms with van der Waals surface area (Å²) in [5.41, 5.74) is 1.40. The molecule has 1 aliphatic heterocycles. The van der Waals surface area contributed by atoms with Crippen molar-refractivity contribution in [2.75, 3.05) is 13.1 Å². The number of alkyl halides is 3. The Balaban J connectivity index is 1.44. The molecule has 4 nitrogen and oxygen atoms in total. The van der Waals surface area contributed by atoms with Crippen LogP contribution < -0.4 is 0 Å². The highest BCUT2D eigenvalue weighted by atomic mass is 32.2. The molecule has 0 aliphatic carbocycles. The molecule has 2 heterocycles. The second-order valence-electron chi connectivity index (χ2n) is 8.70. The summed E-state index contributed by atoms with van der Waals surface area (Å²) in [6, 6.07) is 18.1. The average Bonchev–Trinajstić information content (AvgIpc) is 3.46. The van der Waals surface area contributed by atoms with Gasteiger partial charge in [0.05, 0.1) is 17.0 Å². The second kappa shape index (κ2) is 8.80. The summed E-state index contributed by atoms with van der Waals surface area (Å²) in [6.07, 6.45) is -2.16. The summed E-state index contributed by atoms with van der Waals surface area (Å²) in [7, 11) is -4.09. The normalized spacial score (nSPS) is 17.3. The highest BCUT2D eigenvalue weighted by Gasteiger charge is 2.36. The topological polar surface area (TPSA) is 42.3 Å². The summed E-state index contributed by atoms with van der Waals surface area (Å²) in [5, 5.41) is 0.951. The molecule has 1 fully saturated rings. The molecule has 0 saturated carbocycles. The molecule has 182 valence electrons. The lowest BCUT2D eigenvalue weighted by Gasteiger charge is -2.17. The Labute approximate surface area is 200 Å². The zero-order chi connectivity index (χ0) is 24.8. The molecule has 0 bridgehead atoms. The minimum atomic E-state index is -4.63. The van der Waals surface area contributed by atoms with Crippen LogP contribution in [0.5, 0.6) is 0 Å². The molecular formula is C26H22F4N2O2S. The molecule has 0 N–H and O–H groups in total. The Morgan fingerprint density at radius 2 is 1.69 bits per heavy atom. The van der Waals surface area contributed by atoms with Crippen LogP contribution in [-0.2, 0) is 22.7 Å². The van der Waals surface area contributed by atoms with E-state index in [2.05, 4.69) is 0 Å². The van der Waals surface area contributed by atoms with Crippen LogP contribution in [0.15, 0.2) is 83.9 Å². The highest BCUT2D eigenvalue weighted by Crippen LogP contribution is 2.37. The van der Waals surface area contributed by atoms with Gasteiger partial charge in [-0.1, -0.05) is 42.5 Å². The number of hydrogen-bond donors (Lipinski definition) is 0. The SMILES string of the molecule is O=S(=O)(c1cccc(C(F)(F)F)c1)N1CCC(c2cn(Cc3ccccc3F)c3ccccc23)C1. The number of rotatable bonds is 5. The monoisotopic (exact) mass is 502 g/mol. The maximum absolute atomic E-state index is 14.3. The number of hydrogen-bond acceptors (Lipinski definition) is 2. The largest absolute Gasteiger partial charge is 0.416 e. The predicted molar refractivity (Wildman–Crippen MR) is 125 cm³/mol. The van der Waals surface area contributed by atoms with Crippen LogP contribution in [0.2, 0.25) is 0 Å². The Kier molecular flexibility index (Phi) is 5.93. The van der Waals surface area contributed by atoms with E-state index in [9.17, 15) is 26.0 Å². The number of aromatic nitrogens is 1. The molecule has 0 spiro atoms. The molecule has 5 rings (SSSR count). The first-order valence-electron chi connectivity index (χ1n) is 11.1. The molecule has 35 heavy (non-hydrogen) atoms. The van der Waals surface area contributed by atoms with Crippen molar-refractivity contribution in [3.63, 3.8) is 0 Å². The van der Waals surface area contributed by atoms with Crippen LogP contribution in [0.25, 0.3) is 10.9 Å². The maximum Gasteiger partial charge on any atom is 0.416 e. The van der Waals surface area contributed by atoms with Crippen molar-refractivity contribution in [3.05, 3.63) is 102 Å². The van der Waals surface area contributed by atoms with Gasteiger partial charge < -0.3 is 4.57 Å². The molecule has 4 aromatic rings. The van der Waals surface area contributed by atoms with Gasteiger partial charge >= 0.3 is 6.18 Å². The van der Waals surface area contributed by atoms with Crippen molar-refractivity contribution in [1.82, 2.24) is 8.87 Å². The van der Waals surface area contributed by atoms with Crippen LogP contribution in [-0.4, -0.2) is 30.4 Å². The van der Waals surface area contributed by atoms with Crippen LogP contribution in [0, 0.1) is 5.82 Å². The van der Waals surface area contributed by atoms with E-state index >= 15 is 0 Å². The Hall–Kier alpha value is -3.17. The third-order valence-corrected chi connectivity index (χ3v) is 8.37. The van der Waals surface area contributed by atoms with Gasteiger partial charge in [-0.25, -0.2) is 12.8 Å². The van der Waals surface area contributed by atoms with Gasteiger partial charge in [-0.3, -0.25) is 0 Å². The van der Waals surface area contributed by atoms with Gasteiger partial charge in [0.2, 0.25) is 10.0 Å². The summed E-state index contributed by atoms with van der Waals surface area (Å²) >= 11 is 0. The fourth-order valence-corrected chi connectivity index (χ4v) is 6.27. The molecule has 1 aliphatic rings. The highest BCUT2D eigenvalue weighted by molar-refractivity contribution is 7.89. The number of nitrogens with zero attached hydrogens (tertiary/aromatic N) is 2. The number of fused-ring (bicyclic) bond motifs is 1. The molecular weight excluding hydrogens is 480 g/mol. The second-order valence-corrected chi connectivity index (χ2v) is 10.6. The average molecular weight is 503 g/mol. The molecule has 1 saturated heterocycles. The van der Waals surface area contributed by atoms with Crippen LogP contribution in [0.3, 0.4) is 0 Å². The van der Waals surface area contributed by atoms with Crippen LogP contribution in [0.4, 0.5) is 17.6 Å². The van der Waals surface area contributed by atoms with E-state index in [1.165, 1.54) is 16.4 Å². The van der Waals surface area contributed by atoms with Crippen molar-refractivity contribution in [2.45, 2.75) is 30.0 Å². The van der Waals surface area contributed by atoms with Crippen molar-refractivity contribution in [2.24, 2.45) is 0 Å². The molecule has 1 aromatic heterocycles. The van der Waals surface area contributed by atoms with E-state index < -0.39 is 21.8 Å². The summed E-state index contributed by atoms with van der Waals surface area (Å²) < 4.78 is 83.1. The number of benzene rings is 3. The minimum Gasteiger partial charge on any atom is -0.343 e. The van der Waals surface area contributed by atoms with Gasteiger partial charge in [0.1, 0.15) is 5.82 Å². The molecule has 1 unspecified atom stereocenters. The summed E-state index contributed by atoms with van der Waals surface area (Å²) in [4.78, 5) is -0.366. The lowest BCUT2D eigenvalue weighted by atomic mass is 9.98. The zero-order valence-electron chi connectivity index (χ0n) is 18.5. The van der Waals surface area contributed by atoms with E-state index in [0.29, 0.717) is 24.6 Å². The first-order valence-corrected chi connectivity index (χ1v) is 12.6. The van der Waals surface area contributed by atoms with E-state index in [4.69, 9.17) is 0 Å². The van der Waals surface area contributed by atoms with Gasteiger partial charge in [0.15, 0.2) is 0 Å². The number of sulfonamides is 1. The third-order valence-electron chi connectivity index (χ3n) is 6.51. The molecule has 3 aromatic carbocycles. The first kappa shape index (κ1) is 23.6. The third kappa shape index (κ3) is 4.46. The fraction of sp³-hybridized carbons (Fsp3) is 0.231. The van der Waals surface area contributed by atoms with Gasteiger partial charge in [-0.2, -0.15) is 17.5 Å². The van der Waals surface area contributed by atoms with Crippen molar-refractivity contribution in [1.29, 1.82) is 0 Å². The first-order chi connectivity index (χ1) is 16.6. The van der Waals surface area contributed by atoms with Gasteiger partial charge in [0, 0.05) is 41.7 Å². The quantitative estimate of drug-likeness (QED) is 0.313. The Morgan fingerprint density at radius 1 is 0.943 bits per heavy atom. The maximum atomic E-state index is 14.3. The van der Waals surface area contributed by atoms with Crippen LogP contribution >= 0.6 is 0 Å². The smallest absolute Gasteiger partial charge is 0.343 e. The fourth-order valence-electron chi connectivity index (χ4n) is 4.72. The summed E-state index contributed by atoms with van der Waals surface area (Å²) in [5.74, 6) is -0.437. The number of para-hydroxylation sites is 1. The van der Waals surface area contributed by atoms with Gasteiger partial charge in [-0.15, -0.1) is 0 Å². The van der Waals surface area contributed by atoms with E-state index in [0.717, 1.165) is 28.6 Å². The van der Waals surface area contributed by atoms with Gasteiger partial charge in [0.25, 0.3) is 0 Å². The van der Waals surface area contributed by atoms with E-state index in [1.807, 2.05) is 35.0 Å². The molecule has 1 atom stereocenters. The van der Waals surface area contributed by atoms with Crippen LogP contribution in [0.1, 0.15) is 29.0 Å². The molecule has 0 amide bonds. The minimum absolute atomic E-state index is 0.137. The zero-order valence-corrected chi connectivity index (χ0v) is 19.4. The van der Waals surface area contributed by atoms with E-state index in [1.54, 1.807) is 18.2 Å². The van der Waals surface area contributed by atoms with Crippen molar-refractivity contribution < 1.29 is 26.0 Å². The lowest BCUT2D eigenvalue weighted by molar-refractivity contribution is -0.137. The molecule has 9 heteroatoms. The van der Waals surface area contributed by atoms with Crippen molar-refractivity contribution >= 4 is 20.9 Å². The standard InChI is InChI=1S/C26H22F4N2O2S/c27-24-10-3-1-6-19(24)15-31-17-23(22-9-2-4-11-25(22)31)18-12-13-32(16-18)35(33,34)21-8-5-7-20(14-21)26(28,29)30/h1-11,14,17-18H,12-13,15-16H2. The molecule has 0 radical (unpaired) electrons. The number of halogens is 4. The van der Waals surface area contributed by atoms with Gasteiger partial charge in [-0.05, 0) is 42.3 Å². The Bertz CT molecular complexity index is 1490. The summed E-state index contributed by atoms with van der Waals surface area (Å²) in [6.45, 7) is 0.689. The Morgan fingerprint density at radius 3 is 2.46 bits per heavy atom. The van der Waals surface area contributed by atoms with Crippen molar-refractivity contribution in [3.8, 4) is 0 Å².